The average molecular weight is 437 g/mol. The molecule has 0 bridgehead atoms. The molecule has 8 nitrogen and oxygen atoms in total. The largest absolute Gasteiger partial charge is 0.374 e. The third kappa shape index (κ3) is 6.08. The molecule has 9 heteroatoms. The Bertz CT molecular complexity index is 749. The van der Waals surface area contributed by atoms with Crippen molar-refractivity contribution in [3.8, 4) is 11.4 Å². The number of carbonyl (C=O) groups excluding carboxylic acids is 1. The Labute approximate surface area is 167 Å². The second-order valence-electron chi connectivity index (χ2n) is 7.10. The van der Waals surface area contributed by atoms with Crippen molar-refractivity contribution in [2.75, 3.05) is 32.8 Å². The molecule has 1 aromatic heterocycles. The van der Waals surface area contributed by atoms with Crippen LogP contribution in [0.1, 0.15) is 13.8 Å². The number of ether oxygens (including phenoxy) is 1. The van der Waals surface area contributed by atoms with Gasteiger partial charge in [0.25, 0.3) is 0 Å². The summed E-state index contributed by atoms with van der Waals surface area (Å²) in [4.78, 5) is 15.9. The summed E-state index contributed by atoms with van der Waals surface area (Å²) in [5.74, 6) is 0.964. The number of benzene rings is 1. The zero-order valence-electron chi connectivity index (χ0n) is 15.6. The number of aromatic nitrogens is 4. The lowest BCUT2D eigenvalue weighted by Gasteiger charge is -2.33. The molecule has 1 unspecified atom stereocenters. The highest BCUT2D eigenvalue weighted by atomic mass is 79.9. The van der Waals surface area contributed by atoms with Gasteiger partial charge >= 0.3 is 0 Å². The lowest BCUT2D eigenvalue weighted by molar-refractivity contribution is -0.123. The minimum Gasteiger partial charge on any atom is -0.374 e. The van der Waals surface area contributed by atoms with E-state index in [0.717, 1.165) is 29.7 Å². The number of nitrogens with one attached hydrogen (secondary N) is 1. The Morgan fingerprint density at radius 2 is 2.15 bits per heavy atom. The van der Waals surface area contributed by atoms with Gasteiger partial charge in [-0.3, -0.25) is 9.69 Å². The molecule has 1 aliphatic heterocycles. The maximum absolute atomic E-state index is 12.2. The molecular weight excluding hydrogens is 412 g/mol. The molecule has 0 spiro atoms. The highest BCUT2D eigenvalue weighted by Gasteiger charge is 2.21. The van der Waals surface area contributed by atoms with Crippen LogP contribution in [0, 0.1) is 5.92 Å². The average Bonchev–Trinajstić information content (AvgIpc) is 3.09. The molecule has 2 heterocycles. The number of morpholine rings is 1. The van der Waals surface area contributed by atoms with Gasteiger partial charge in [0.05, 0.1) is 12.7 Å². The number of carbonyl (C=O) groups is 1. The maximum Gasteiger partial charge on any atom is 0.243 e. The molecule has 1 amide bonds. The van der Waals surface area contributed by atoms with Crippen molar-refractivity contribution in [2.45, 2.75) is 26.5 Å². The number of halogens is 1. The molecule has 1 saturated heterocycles. The maximum atomic E-state index is 12.2. The monoisotopic (exact) mass is 436 g/mol. The molecule has 1 fully saturated rings. The van der Waals surface area contributed by atoms with Crippen LogP contribution in [0.4, 0.5) is 0 Å². The Balaban J connectivity index is 1.46. The predicted octanol–water partition coefficient (Wildman–Crippen LogP) is 1.58. The standard InChI is InChI=1S/C18H25BrN6O2/c1-13(2)10-24-7-8-27-16(11-24)9-20-17(26)12-25-22-18(21-23-25)14-3-5-15(19)6-4-14/h3-6,13,16H,7-12H2,1-2H3,(H,20,26). The first-order valence-electron chi connectivity index (χ1n) is 9.14. The van der Waals surface area contributed by atoms with Gasteiger partial charge in [0.2, 0.25) is 11.7 Å². The second kappa shape index (κ2) is 9.38. The number of hydrogen-bond donors (Lipinski definition) is 1. The zero-order valence-corrected chi connectivity index (χ0v) is 17.2. The van der Waals surface area contributed by atoms with Crippen molar-refractivity contribution in [1.82, 2.24) is 30.4 Å². The summed E-state index contributed by atoms with van der Waals surface area (Å²) < 4.78 is 6.73. The molecular formula is C18H25BrN6O2. The van der Waals surface area contributed by atoms with Crippen molar-refractivity contribution >= 4 is 21.8 Å². The van der Waals surface area contributed by atoms with Crippen LogP contribution >= 0.6 is 15.9 Å². The number of rotatable bonds is 7. The molecule has 0 radical (unpaired) electrons. The molecule has 1 atom stereocenters. The van der Waals surface area contributed by atoms with Crippen molar-refractivity contribution in [3.63, 3.8) is 0 Å². The van der Waals surface area contributed by atoms with Gasteiger partial charge in [-0.25, -0.2) is 0 Å². The van der Waals surface area contributed by atoms with Gasteiger partial charge in [-0.15, -0.1) is 10.2 Å². The summed E-state index contributed by atoms with van der Waals surface area (Å²) in [6.45, 7) is 8.48. The summed E-state index contributed by atoms with van der Waals surface area (Å²) in [5, 5.41) is 15.1. The highest BCUT2D eigenvalue weighted by Crippen LogP contribution is 2.17. The van der Waals surface area contributed by atoms with Crippen LogP contribution < -0.4 is 5.32 Å². The van der Waals surface area contributed by atoms with E-state index in [4.69, 9.17) is 4.74 Å². The fourth-order valence-corrected chi connectivity index (χ4v) is 3.29. The van der Waals surface area contributed by atoms with Crippen LogP contribution in [0.3, 0.4) is 0 Å². The summed E-state index contributed by atoms with van der Waals surface area (Å²) in [6.07, 6.45) is 0.0171. The van der Waals surface area contributed by atoms with E-state index < -0.39 is 0 Å². The number of nitrogens with zero attached hydrogens (tertiary/aromatic N) is 5. The minimum absolute atomic E-state index is 0.0171. The molecule has 2 aromatic rings. The molecule has 3 rings (SSSR count). The molecule has 1 aromatic carbocycles. The molecule has 0 aliphatic carbocycles. The van der Waals surface area contributed by atoms with Gasteiger partial charge < -0.3 is 10.1 Å². The molecule has 0 saturated carbocycles. The molecule has 27 heavy (non-hydrogen) atoms. The van der Waals surface area contributed by atoms with E-state index in [9.17, 15) is 4.79 Å². The third-order valence-corrected chi connectivity index (χ3v) is 4.74. The van der Waals surface area contributed by atoms with Gasteiger partial charge in [0, 0.05) is 36.2 Å². The lowest BCUT2D eigenvalue weighted by Crippen LogP contribution is -2.48. The normalized spacial score (nSPS) is 18.0. The highest BCUT2D eigenvalue weighted by molar-refractivity contribution is 9.10. The van der Waals surface area contributed by atoms with Crippen molar-refractivity contribution in [3.05, 3.63) is 28.7 Å². The Morgan fingerprint density at radius 3 is 2.89 bits per heavy atom. The van der Waals surface area contributed by atoms with Gasteiger partial charge in [0.1, 0.15) is 6.54 Å². The quantitative estimate of drug-likeness (QED) is 0.708. The van der Waals surface area contributed by atoms with E-state index in [1.54, 1.807) is 0 Å². The van der Waals surface area contributed by atoms with Crippen LogP contribution in [0.5, 0.6) is 0 Å². The van der Waals surface area contributed by atoms with Gasteiger partial charge in [-0.05, 0) is 35.4 Å². The van der Waals surface area contributed by atoms with Crippen LogP contribution in [0.25, 0.3) is 11.4 Å². The van der Waals surface area contributed by atoms with E-state index in [1.165, 1.54) is 4.80 Å². The number of tetrazole rings is 1. The van der Waals surface area contributed by atoms with E-state index in [-0.39, 0.29) is 18.6 Å². The van der Waals surface area contributed by atoms with E-state index in [1.807, 2.05) is 24.3 Å². The molecule has 146 valence electrons. The van der Waals surface area contributed by atoms with Crippen molar-refractivity contribution < 1.29 is 9.53 Å². The minimum atomic E-state index is -0.153. The van der Waals surface area contributed by atoms with Crippen LogP contribution in [-0.4, -0.2) is 69.9 Å². The fraction of sp³-hybridized carbons (Fsp3) is 0.556. The fourth-order valence-electron chi connectivity index (χ4n) is 3.02. The SMILES string of the molecule is CC(C)CN1CCOC(CNC(=O)Cn2nnc(-c3ccc(Br)cc3)n2)C1. The van der Waals surface area contributed by atoms with Crippen LogP contribution in [-0.2, 0) is 16.1 Å². The van der Waals surface area contributed by atoms with Crippen molar-refractivity contribution in [1.29, 1.82) is 0 Å². The van der Waals surface area contributed by atoms with Crippen molar-refractivity contribution in [2.24, 2.45) is 5.92 Å². The summed E-state index contributed by atoms with van der Waals surface area (Å²) >= 11 is 3.39. The topological polar surface area (TPSA) is 85.2 Å². The smallest absolute Gasteiger partial charge is 0.243 e. The number of hydrogen-bond acceptors (Lipinski definition) is 6. The molecule has 1 N–H and O–H groups in total. The first kappa shape index (κ1) is 19.9. The number of amides is 1. The third-order valence-electron chi connectivity index (χ3n) is 4.21. The first-order valence-corrected chi connectivity index (χ1v) is 9.93. The first-order chi connectivity index (χ1) is 13.0. The van der Waals surface area contributed by atoms with Gasteiger partial charge in [-0.2, -0.15) is 4.80 Å². The Kier molecular flexibility index (Phi) is 6.92. The molecule has 1 aliphatic rings. The van der Waals surface area contributed by atoms with E-state index in [0.29, 0.717) is 24.9 Å². The van der Waals surface area contributed by atoms with Gasteiger partial charge in [0.15, 0.2) is 0 Å². The Morgan fingerprint density at radius 1 is 1.37 bits per heavy atom. The zero-order chi connectivity index (χ0) is 19.2. The van der Waals surface area contributed by atoms with Crippen LogP contribution in [0.2, 0.25) is 0 Å². The Hall–Kier alpha value is -1.84. The summed E-state index contributed by atoms with van der Waals surface area (Å²) in [6, 6.07) is 7.62. The van der Waals surface area contributed by atoms with E-state index in [2.05, 4.69) is 55.4 Å². The summed E-state index contributed by atoms with van der Waals surface area (Å²) in [7, 11) is 0. The summed E-state index contributed by atoms with van der Waals surface area (Å²) in [5.41, 5.74) is 0.853. The lowest BCUT2D eigenvalue weighted by atomic mass is 10.2. The van der Waals surface area contributed by atoms with Crippen LogP contribution in [0.15, 0.2) is 28.7 Å². The van der Waals surface area contributed by atoms with Gasteiger partial charge in [-0.1, -0.05) is 29.8 Å². The van der Waals surface area contributed by atoms with E-state index >= 15 is 0 Å². The second-order valence-corrected chi connectivity index (χ2v) is 8.02. The predicted molar refractivity (Wildman–Crippen MR) is 105 cm³/mol.